The molecule has 0 fully saturated rings. The number of hydrogen-bond donors (Lipinski definition) is 1. The number of aryl methyl sites for hydroxylation is 1. The average Bonchev–Trinajstić information content (AvgIpc) is 3.30. The van der Waals surface area contributed by atoms with E-state index in [2.05, 4.69) is 26.6 Å². The number of nitrogens with one attached hydrogen (secondary N) is 1. The molecule has 0 bridgehead atoms. The first kappa shape index (κ1) is 35.4. The average molecular weight is 772 g/mol. The van der Waals surface area contributed by atoms with E-state index in [4.69, 9.17) is 0 Å². The number of allylic oxidation sites excluding steroid dienone is 1. The number of anilines is 3. The molecule has 46 heavy (non-hydrogen) atoms. The van der Waals surface area contributed by atoms with Crippen molar-refractivity contribution in [2.45, 2.75) is 6.36 Å². The fourth-order valence-corrected chi connectivity index (χ4v) is 10.5. The Kier molecular flexibility index (Phi) is 10.3. The van der Waals surface area contributed by atoms with Crippen LogP contribution in [0.3, 0.4) is 0 Å². The van der Waals surface area contributed by atoms with E-state index in [1.54, 1.807) is 32.5 Å². The van der Waals surface area contributed by atoms with E-state index in [1.165, 1.54) is 18.3 Å². The normalized spacial score (nSPS) is 12.8. The molecule has 2 aromatic heterocycles. The second-order valence-corrected chi connectivity index (χ2v) is 24.4. The number of carbonyl (C=O) groups is 1. The zero-order valence-corrected chi connectivity index (χ0v) is 30.3. The number of ether oxygens (including phenoxy) is 1. The van der Waals surface area contributed by atoms with E-state index in [0.717, 1.165) is 21.8 Å². The molecule has 2 aromatic carbocycles. The van der Waals surface area contributed by atoms with E-state index in [9.17, 15) is 22.5 Å². The van der Waals surface area contributed by atoms with Crippen molar-refractivity contribution in [2.75, 3.05) is 67.6 Å². The molecule has 14 heteroatoms. The van der Waals surface area contributed by atoms with E-state index < -0.39 is 37.7 Å². The maximum atomic E-state index is 13.7. The van der Waals surface area contributed by atoms with Crippen LogP contribution in [0.2, 0.25) is 0 Å². The summed E-state index contributed by atoms with van der Waals surface area (Å²) in [6, 6.07) is 10.2. The summed E-state index contributed by atoms with van der Waals surface area (Å²) < 4.78 is 60.8. The summed E-state index contributed by atoms with van der Waals surface area (Å²) in [5.41, 5.74) is 2.63. The second-order valence-electron chi connectivity index (χ2n) is 11.9. The molecule has 0 spiro atoms. The van der Waals surface area contributed by atoms with Gasteiger partial charge in [0.05, 0.1) is 0 Å². The summed E-state index contributed by atoms with van der Waals surface area (Å²) in [7, 11) is 4.98. The molecule has 0 amide bonds. The topological polar surface area (TPSA) is 92.6 Å². The SMILES string of the molecule is C=CC(=O)[I-](C)(C)c1cc(Nc2nccc(-c3cn(C)c4cc(P(C)(C)=O)ccc34)n2)c(OC(F)(F)F)cc1N(C)CCN(C)C. The van der Waals surface area contributed by atoms with Crippen molar-refractivity contribution in [2.24, 2.45) is 7.05 Å². The third-order valence-electron chi connectivity index (χ3n) is 7.48. The van der Waals surface area contributed by atoms with E-state index >= 15 is 0 Å². The zero-order valence-electron chi connectivity index (χ0n) is 27.2. The molecule has 9 nitrogen and oxygen atoms in total. The Morgan fingerprint density at radius 1 is 1.13 bits per heavy atom. The van der Waals surface area contributed by atoms with Gasteiger partial charge in [-0.15, -0.1) is 0 Å². The van der Waals surface area contributed by atoms with Crippen LogP contribution >= 0.6 is 7.14 Å². The van der Waals surface area contributed by atoms with Gasteiger partial charge < -0.3 is 4.57 Å². The van der Waals surface area contributed by atoms with Crippen LogP contribution in [0.15, 0.2) is 61.4 Å². The van der Waals surface area contributed by atoms with Crippen molar-refractivity contribution in [1.82, 2.24) is 19.4 Å². The van der Waals surface area contributed by atoms with Crippen molar-refractivity contribution in [3.05, 3.63) is 65.0 Å². The third kappa shape index (κ3) is 7.92. The number of aromatic nitrogens is 3. The van der Waals surface area contributed by atoms with E-state index in [0.29, 0.717) is 28.0 Å². The molecule has 4 rings (SSSR count). The number of rotatable bonds is 12. The van der Waals surface area contributed by atoms with Crippen LogP contribution in [0, 0.1) is 3.57 Å². The van der Waals surface area contributed by atoms with Gasteiger partial charge in [0, 0.05) is 0 Å². The number of alkyl halides is 5. The van der Waals surface area contributed by atoms with Crippen molar-refractivity contribution < 1.29 is 45.7 Å². The monoisotopic (exact) mass is 771 g/mol. The number of nitrogens with zero attached hydrogens (tertiary/aromatic N) is 5. The van der Waals surface area contributed by atoms with Crippen molar-refractivity contribution >= 4 is 44.5 Å². The van der Waals surface area contributed by atoms with Crippen molar-refractivity contribution in [3.8, 4) is 17.0 Å². The predicted molar refractivity (Wildman–Crippen MR) is 177 cm³/mol. The Labute approximate surface area is 271 Å². The molecular weight excluding hydrogens is 731 g/mol. The Hall–Kier alpha value is -3.42. The number of carbonyl (C=O) groups excluding carboxylic acids is 1. The van der Waals surface area contributed by atoms with Crippen molar-refractivity contribution in [1.29, 1.82) is 0 Å². The van der Waals surface area contributed by atoms with Gasteiger partial charge in [-0.2, -0.15) is 0 Å². The maximum absolute atomic E-state index is 13.7. The summed E-state index contributed by atoms with van der Waals surface area (Å²) >= 11 is -3.47. The van der Waals surface area contributed by atoms with Gasteiger partial charge in [0.25, 0.3) is 0 Å². The number of hydrogen-bond acceptors (Lipinski definition) is 8. The summed E-state index contributed by atoms with van der Waals surface area (Å²) in [4.78, 5) is 29.6. The first-order valence-electron chi connectivity index (χ1n) is 14.2. The number of fused-ring (bicyclic) bond motifs is 1. The fourth-order valence-electron chi connectivity index (χ4n) is 4.88. The Morgan fingerprint density at radius 2 is 1.83 bits per heavy atom. The number of benzene rings is 2. The molecule has 0 saturated carbocycles. The molecule has 0 aliphatic heterocycles. The van der Waals surface area contributed by atoms with Gasteiger partial charge in [0.15, 0.2) is 0 Å². The van der Waals surface area contributed by atoms with Crippen molar-refractivity contribution in [3.63, 3.8) is 0 Å². The minimum atomic E-state index is -4.98. The molecule has 4 aromatic rings. The van der Waals surface area contributed by atoms with Crippen LogP contribution in [-0.4, -0.2) is 87.0 Å². The minimum absolute atomic E-state index is 0.0213. The fraction of sp³-hybridized carbons (Fsp3) is 0.344. The summed E-state index contributed by atoms with van der Waals surface area (Å²) in [6.07, 6.45) is -0.285. The van der Waals surface area contributed by atoms with Gasteiger partial charge in [0.2, 0.25) is 0 Å². The molecule has 0 saturated heterocycles. The molecule has 250 valence electrons. The van der Waals surface area contributed by atoms with Crippen LogP contribution in [-0.2, 0) is 16.4 Å². The third-order valence-corrected chi connectivity index (χ3v) is 15.9. The molecule has 0 atom stereocenters. The predicted octanol–water partition coefficient (Wildman–Crippen LogP) is 2.83. The van der Waals surface area contributed by atoms with Crippen LogP contribution < -0.4 is 38.7 Å². The standard InChI is InChI=1S/C32H40F3IN6O3P/c1-10-30(43)36(2,3)24-18-26(29(45-32(33,34)35)19-28(24)41(6)16-15-40(4)5)39-31-37-14-13-25(38-31)23-20-42(7)27-17-21(46(8,9)44)11-12-22(23)27/h10-14,17-20H,1,15-16H2,2-9H3,(H,37,38,39)/q-1. The second kappa shape index (κ2) is 13.4. The van der Waals surface area contributed by atoms with E-state index in [-0.39, 0.29) is 15.4 Å². The van der Waals surface area contributed by atoms with Gasteiger partial charge in [-0.1, -0.05) is 0 Å². The van der Waals surface area contributed by atoms with E-state index in [1.807, 2.05) is 69.8 Å². The summed E-state index contributed by atoms with van der Waals surface area (Å²) in [6.45, 7) is 8.25. The molecule has 0 unspecified atom stereocenters. The summed E-state index contributed by atoms with van der Waals surface area (Å²) in [5, 5.41) is 4.57. The van der Waals surface area contributed by atoms with Crippen LogP contribution in [0.25, 0.3) is 22.2 Å². The van der Waals surface area contributed by atoms with Gasteiger partial charge in [0.1, 0.15) is 7.14 Å². The Balaban J connectivity index is 1.85. The number of likely N-dealkylation sites (N-methyl/N-ethyl adjacent to an activating group) is 2. The molecular formula is C32H40F3IN6O3P-. The van der Waals surface area contributed by atoms with Gasteiger partial charge in [-0.25, -0.2) is 0 Å². The number of halogens is 4. The molecule has 2 heterocycles. The Morgan fingerprint density at radius 3 is 2.43 bits per heavy atom. The zero-order chi connectivity index (χ0) is 34.2. The first-order chi connectivity index (χ1) is 21.3. The molecule has 1 N–H and O–H groups in total. The van der Waals surface area contributed by atoms with Crippen LogP contribution in [0.5, 0.6) is 5.75 Å². The van der Waals surface area contributed by atoms with Crippen LogP contribution in [0.4, 0.5) is 30.5 Å². The van der Waals surface area contributed by atoms with Crippen LogP contribution in [0.1, 0.15) is 0 Å². The molecule has 0 radical (unpaired) electrons. The first-order valence-corrected chi connectivity index (χ1v) is 23.2. The van der Waals surface area contributed by atoms with Gasteiger partial charge in [-0.3, -0.25) is 0 Å². The Bertz CT molecular complexity index is 1830. The van der Waals surface area contributed by atoms with Gasteiger partial charge >= 0.3 is 248 Å². The summed E-state index contributed by atoms with van der Waals surface area (Å²) in [5.74, 6) is -0.426. The van der Waals surface area contributed by atoms with Gasteiger partial charge in [-0.05, 0) is 13.3 Å². The quantitative estimate of drug-likeness (QED) is 0.0774. The molecule has 0 aliphatic carbocycles. The molecule has 0 aliphatic rings.